The van der Waals surface area contributed by atoms with E-state index in [9.17, 15) is 18.0 Å². The van der Waals surface area contributed by atoms with Gasteiger partial charge in [0.05, 0.1) is 4.90 Å². The highest BCUT2D eigenvalue weighted by molar-refractivity contribution is 7.89. The van der Waals surface area contributed by atoms with Gasteiger partial charge in [0.1, 0.15) is 6.33 Å². The SMILES string of the molecule is Cc1nc2ncnn2c(C)c1CCC(=O)OCC(=O)c1ccc(S(=O)(=O)N2CCCC2)cc1. The van der Waals surface area contributed by atoms with E-state index >= 15 is 0 Å². The van der Waals surface area contributed by atoms with E-state index in [1.165, 1.54) is 34.9 Å². The normalized spacial score (nSPS) is 14.6. The van der Waals surface area contributed by atoms with Crippen LogP contribution in [-0.2, 0) is 26.0 Å². The van der Waals surface area contributed by atoms with Gasteiger partial charge < -0.3 is 4.74 Å². The van der Waals surface area contributed by atoms with Gasteiger partial charge in [-0.3, -0.25) is 9.59 Å². The molecule has 1 aromatic carbocycles. The van der Waals surface area contributed by atoms with Crippen molar-refractivity contribution in [3.63, 3.8) is 0 Å². The Morgan fingerprint density at radius 2 is 1.79 bits per heavy atom. The summed E-state index contributed by atoms with van der Waals surface area (Å²) in [7, 11) is -3.54. The van der Waals surface area contributed by atoms with Crippen molar-refractivity contribution in [2.75, 3.05) is 19.7 Å². The van der Waals surface area contributed by atoms with Crippen LogP contribution in [0.5, 0.6) is 0 Å². The number of esters is 1. The molecule has 0 N–H and O–H groups in total. The van der Waals surface area contributed by atoms with E-state index in [0.29, 0.717) is 25.3 Å². The largest absolute Gasteiger partial charge is 0.457 e. The third-order valence-electron chi connectivity index (χ3n) is 5.81. The first-order valence-corrected chi connectivity index (χ1v) is 12.2. The third kappa shape index (κ3) is 4.79. The number of aryl methyl sites for hydroxylation is 2. The molecule has 3 aromatic rings. The van der Waals surface area contributed by atoms with Crippen molar-refractivity contribution in [3.05, 3.63) is 53.1 Å². The van der Waals surface area contributed by atoms with E-state index < -0.39 is 28.4 Å². The van der Waals surface area contributed by atoms with Crippen molar-refractivity contribution in [3.8, 4) is 0 Å². The van der Waals surface area contributed by atoms with Crippen molar-refractivity contribution >= 4 is 27.6 Å². The van der Waals surface area contributed by atoms with Gasteiger partial charge in [0.15, 0.2) is 12.4 Å². The molecule has 4 rings (SSSR count). The first-order chi connectivity index (χ1) is 15.8. The number of aromatic nitrogens is 4. The second-order valence-electron chi connectivity index (χ2n) is 7.95. The molecule has 33 heavy (non-hydrogen) atoms. The summed E-state index contributed by atoms with van der Waals surface area (Å²) in [6, 6.07) is 5.73. The van der Waals surface area contributed by atoms with Crippen molar-refractivity contribution in [2.45, 2.75) is 44.4 Å². The molecule has 1 saturated heterocycles. The summed E-state index contributed by atoms with van der Waals surface area (Å²) in [5.74, 6) is -0.401. The maximum Gasteiger partial charge on any atom is 0.306 e. The molecule has 2 aromatic heterocycles. The Hall–Kier alpha value is -3.18. The lowest BCUT2D eigenvalue weighted by Crippen LogP contribution is -2.27. The Morgan fingerprint density at radius 3 is 2.48 bits per heavy atom. The predicted molar refractivity (Wildman–Crippen MR) is 118 cm³/mol. The van der Waals surface area contributed by atoms with E-state index in [4.69, 9.17) is 4.74 Å². The van der Waals surface area contributed by atoms with Crippen LogP contribution >= 0.6 is 0 Å². The van der Waals surface area contributed by atoms with Gasteiger partial charge in [-0.2, -0.15) is 14.4 Å². The zero-order chi connectivity index (χ0) is 23.6. The van der Waals surface area contributed by atoms with Crippen LogP contribution in [0, 0.1) is 13.8 Å². The molecule has 1 fully saturated rings. The Bertz CT molecular complexity index is 1290. The topological polar surface area (TPSA) is 124 Å². The average molecular weight is 472 g/mol. The molecule has 0 radical (unpaired) electrons. The van der Waals surface area contributed by atoms with Crippen LogP contribution in [0.4, 0.5) is 0 Å². The zero-order valence-electron chi connectivity index (χ0n) is 18.5. The zero-order valence-corrected chi connectivity index (χ0v) is 19.3. The van der Waals surface area contributed by atoms with E-state index in [0.717, 1.165) is 29.8 Å². The Labute approximate surface area is 191 Å². The molecule has 0 spiro atoms. The van der Waals surface area contributed by atoms with Crippen LogP contribution in [0.15, 0.2) is 35.5 Å². The lowest BCUT2D eigenvalue weighted by molar-refractivity contribution is -0.142. The van der Waals surface area contributed by atoms with Crippen LogP contribution in [0.3, 0.4) is 0 Å². The van der Waals surface area contributed by atoms with Crippen molar-refractivity contribution in [1.82, 2.24) is 23.9 Å². The fourth-order valence-corrected chi connectivity index (χ4v) is 5.45. The van der Waals surface area contributed by atoms with Crippen LogP contribution in [0.25, 0.3) is 5.78 Å². The molecule has 0 aliphatic carbocycles. The third-order valence-corrected chi connectivity index (χ3v) is 7.72. The highest BCUT2D eigenvalue weighted by atomic mass is 32.2. The smallest absolute Gasteiger partial charge is 0.306 e. The summed E-state index contributed by atoms with van der Waals surface area (Å²) in [5.41, 5.74) is 2.78. The number of ketones is 1. The summed E-state index contributed by atoms with van der Waals surface area (Å²) in [6.45, 7) is 4.35. The van der Waals surface area contributed by atoms with Crippen LogP contribution in [0.1, 0.15) is 46.6 Å². The van der Waals surface area contributed by atoms with Crippen LogP contribution < -0.4 is 0 Å². The number of ether oxygens (including phenoxy) is 1. The fraction of sp³-hybridized carbons (Fsp3) is 0.409. The number of rotatable bonds is 8. The molecule has 3 heterocycles. The highest BCUT2D eigenvalue weighted by Gasteiger charge is 2.27. The first kappa shape index (κ1) is 23.0. The average Bonchev–Trinajstić information content (AvgIpc) is 3.50. The van der Waals surface area contributed by atoms with Gasteiger partial charge >= 0.3 is 5.97 Å². The molecule has 1 aliphatic heterocycles. The Morgan fingerprint density at radius 1 is 1.09 bits per heavy atom. The van der Waals surface area contributed by atoms with E-state index in [1.807, 2.05) is 13.8 Å². The minimum atomic E-state index is -3.54. The number of hydrogen-bond donors (Lipinski definition) is 0. The van der Waals surface area contributed by atoms with Crippen molar-refractivity contribution < 1.29 is 22.7 Å². The molecular weight excluding hydrogens is 446 g/mol. The van der Waals surface area contributed by atoms with Gasteiger partial charge in [-0.15, -0.1) is 0 Å². The number of fused-ring (bicyclic) bond motifs is 1. The minimum absolute atomic E-state index is 0.0872. The number of Topliss-reactive ketones (excluding diaryl/α,β-unsaturated/α-hetero) is 1. The molecule has 0 amide bonds. The molecule has 11 heteroatoms. The number of nitrogens with zero attached hydrogens (tertiary/aromatic N) is 5. The maximum absolute atomic E-state index is 12.6. The van der Waals surface area contributed by atoms with E-state index in [-0.39, 0.29) is 16.9 Å². The molecule has 174 valence electrons. The highest BCUT2D eigenvalue weighted by Crippen LogP contribution is 2.21. The van der Waals surface area contributed by atoms with Gasteiger partial charge in [0.2, 0.25) is 10.0 Å². The summed E-state index contributed by atoms with van der Waals surface area (Å²) in [5, 5.41) is 4.13. The second-order valence-corrected chi connectivity index (χ2v) is 9.89. The number of benzene rings is 1. The molecule has 0 saturated carbocycles. The fourth-order valence-electron chi connectivity index (χ4n) is 3.94. The van der Waals surface area contributed by atoms with Crippen molar-refractivity contribution in [2.24, 2.45) is 0 Å². The standard InChI is InChI=1S/C22H25N5O5S/c1-15-19(16(2)27-22(25-15)23-14-24-27)9-10-21(29)32-13-20(28)17-5-7-18(8-6-17)33(30,31)26-11-3-4-12-26/h5-8,14H,3-4,9-13H2,1-2H3. The molecule has 0 bridgehead atoms. The van der Waals surface area contributed by atoms with Gasteiger partial charge in [-0.05, 0) is 62.9 Å². The quantitative estimate of drug-likeness (QED) is 0.360. The second kappa shape index (κ2) is 9.36. The summed E-state index contributed by atoms with van der Waals surface area (Å²) >= 11 is 0. The van der Waals surface area contributed by atoms with E-state index in [1.54, 1.807) is 4.52 Å². The monoisotopic (exact) mass is 471 g/mol. The number of carbonyl (C=O) groups excluding carboxylic acids is 2. The summed E-state index contributed by atoms with van der Waals surface area (Å²) in [4.78, 5) is 33.2. The van der Waals surface area contributed by atoms with Gasteiger partial charge in [-0.25, -0.2) is 17.9 Å². The number of carbonyl (C=O) groups is 2. The molecular formula is C22H25N5O5S. The predicted octanol–water partition coefficient (Wildman–Crippen LogP) is 1.88. The Balaban J connectivity index is 1.32. The van der Waals surface area contributed by atoms with Gasteiger partial charge in [0, 0.05) is 36.5 Å². The molecule has 0 atom stereocenters. The minimum Gasteiger partial charge on any atom is -0.457 e. The number of hydrogen-bond acceptors (Lipinski definition) is 8. The maximum atomic E-state index is 12.6. The van der Waals surface area contributed by atoms with Crippen molar-refractivity contribution in [1.29, 1.82) is 0 Å². The van der Waals surface area contributed by atoms with Gasteiger partial charge in [-0.1, -0.05) is 0 Å². The van der Waals surface area contributed by atoms with Gasteiger partial charge in [0.25, 0.3) is 5.78 Å². The molecule has 0 unspecified atom stereocenters. The lowest BCUT2D eigenvalue weighted by atomic mass is 10.1. The Kier molecular flexibility index (Phi) is 6.52. The first-order valence-electron chi connectivity index (χ1n) is 10.7. The molecule has 10 nitrogen and oxygen atoms in total. The van der Waals surface area contributed by atoms with E-state index in [2.05, 4.69) is 15.1 Å². The lowest BCUT2D eigenvalue weighted by Gasteiger charge is -2.15. The molecule has 1 aliphatic rings. The van der Waals surface area contributed by atoms with Crippen LogP contribution in [0.2, 0.25) is 0 Å². The number of sulfonamides is 1. The van der Waals surface area contributed by atoms with Crippen LogP contribution in [-0.4, -0.2) is 63.8 Å². The summed E-state index contributed by atoms with van der Waals surface area (Å²) in [6.07, 6.45) is 3.62. The summed E-state index contributed by atoms with van der Waals surface area (Å²) < 4.78 is 33.4.